The molecule has 2 N–H and O–H groups in total. The Morgan fingerprint density at radius 2 is 1.76 bits per heavy atom. The van der Waals surface area contributed by atoms with Crippen LogP contribution in [-0.2, 0) is 6.61 Å². The summed E-state index contributed by atoms with van der Waals surface area (Å²) in [5.74, 6) is -0.0640. The van der Waals surface area contributed by atoms with Crippen molar-refractivity contribution in [3.63, 3.8) is 0 Å². The first-order chi connectivity index (χ1) is 16.4. The maximum absolute atomic E-state index is 12.4. The van der Waals surface area contributed by atoms with E-state index in [1.165, 1.54) is 18.3 Å². The molecule has 8 nitrogen and oxygen atoms in total. The summed E-state index contributed by atoms with van der Waals surface area (Å²) in [6.07, 6.45) is 1.47. The first-order valence-corrected chi connectivity index (χ1v) is 10.9. The fraction of sp³-hybridized carbons (Fsp3) is 0.0400. The van der Waals surface area contributed by atoms with E-state index in [0.717, 1.165) is 16.3 Å². The molecule has 1 amide bonds. The Kier molecular flexibility index (Phi) is 6.84. The number of hydrogen-bond donors (Lipinski definition) is 2. The molecular formula is C25H18BrN3O5. The molecule has 9 heteroatoms. The molecule has 0 atom stereocenters. The van der Waals surface area contributed by atoms with E-state index in [1.54, 1.807) is 42.5 Å². The molecule has 0 fully saturated rings. The van der Waals surface area contributed by atoms with E-state index in [2.05, 4.69) is 26.5 Å². The van der Waals surface area contributed by atoms with E-state index in [-0.39, 0.29) is 23.6 Å². The van der Waals surface area contributed by atoms with Crippen LogP contribution >= 0.6 is 15.9 Å². The minimum absolute atomic E-state index is 0.0245. The summed E-state index contributed by atoms with van der Waals surface area (Å²) in [6.45, 7) is 0.245. The zero-order valence-corrected chi connectivity index (χ0v) is 19.2. The predicted molar refractivity (Wildman–Crippen MR) is 132 cm³/mol. The van der Waals surface area contributed by atoms with Gasteiger partial charge in [0.2, 0.25) is 0 Å². The lowest BCUT2D eigenvalue weighted by Crippen LogP contribution is -2.17. The lowest BCUT2D eigenvalue weighted by atomic mass is 10.1. The van der Waals surface area contributed by atoms with E-state index in [0.29, 0.717) is 15.8 Å². The maximum atomic E-state index is 12.4. The van der Waals surface area contributed by atoms with Crippen LogP contribution in [0, 0.1) is 10.1 Å². The molecule has 4 aromatic rings. The Balaban J connectivity index is 1.37. The number of aromatic hydroxyl groups is 1. The number of carbonyl (C=O) groups excluding carboxylic acids is 1. The van der Waals surface area contributed by atoms with Crippen LogP contribution in [0.15, 0.2) is 88.4 Å². The Labute approximate surface area is 202 Å². The van der Waals surface area contributed by atoms with Gasteiger partial charge in [0.05, 0.1) is 21.2 Å². The molecule has 0 radical (unpaired) electrons. The van der Waals surface area contributed by atoms with E-state index < -0.39 is 10.8 Å². The smallest absolute Gasteiger partial charge is 0.275 e. The molecule has 0 aliphatic heterocycles. The number of halogens is 1. The number of amides is 1. The van der Waals surface area contributed by atoms with Gasteiger partial charge in [-0.3, -0.25) is 14.9 Å². The fourth-order valence-electron chi connectivity index (χ4n) is 3.23. The molecule has 0 spiro atoms. The first kappa shape index (κ1) is 22.9. The molecule has 4 aromatic carbocycles. The third-order valence-electron chi connectivity index (χ3n) is 4.99. The standard InChI is InChI=1S/C25H18BrN3O5/c26-22-11-17(7-10-24(22)34-15-16-5-8-20(9-6-16)29(32)33)14-27-28-25(31)21-12-18-3-1-2-4-19(18)13-23(21)30/h1-14,30H,15H2,(H,28,31). The van der Waals surface area contributed by atoms with Crippen LogP contribution in [0.25, 0.3) is 10.8 Å². The molecule has 34 heavy (non-hydrogen) atoms. The molecular weight excluding hydrogens is 502 g/mol. The second-order valence-corrected chi connectivity index (χ2v) is 8.17. The number of nitro groups is 1. The van der Waals surface area contributed by atoms with E-state index in [9.17, 15) is 20.0 Å². The van der Waals surface area contributed by atoms with Crippen molar-refractivity contribution in [2.75, 3.05) is 0 Å². The highest BCUT2D eigenvalue weighted by Gasteiger charge is 2.12. The summed E-state index contributed by atoms with van der Waals surface area (Å²) >= 11 is 3.45. The lowest BCUT2D eigenvalue weighted by molar-refractivity contribution is -0.384. The predicted octanol–water partition coefficient (Wildman–Crippen LogP) is 5.56. The van der Waals surface area contributed by atoms with Gasteiger partial charge in [0.15, 0.2) is 0 Å². The van der Waals surface area contributed by atoms with Gasteiger partial charge in [-0.2, -0.15) is 5.10 Å². The number of ether oxygens (including phenoxy) is 1. The number of hydrogen-bond acceptors (Lipinski definition) is 6. The highest BCUT2D eigenvalue weighted by molar-refractivity contribution is 9.10. The van der Waals surface area contributed by atoms with Gasteiger partial charge < -0.3 is 9.84 Å². The van der Waals surface area contributed by atoms with E-state index in [4.69, 9.17) is 4.74 Å². The van der Waals surface area contributed by atoms with Crippen molar-refractivity contribution in [1.82, 2.24) is 5.43 Å². The molecule has 0 bridgehead atoms. The van der Waals surface area contributed by atoms with Crippen molar-refractivity contribution >= 4 is 44.5 Å². The number of nitrogens with one attached hydrogen (secondary N) is 1. The van der Waals surface area contributed by atoms with Crippen molar-refractivity contribution in [3.8, 4) is 11.5 Å². The second-order valence-electron chi connectivity index (χ2n) is 7.32. The molecule has 0 aromatic heterocycles. The molecule has 0 saturated carbocycles. The van der Waals surface area contributed by atoms with Crippen LogP contribution in [0.5, 0.6) is 11.5 Å². The Bertz CT molecular complexity index is 1400. The van der Waals surface area contributed by atoms with Crippen LogP contribution in [0.4, 0.5) is 5.69 Å². The zero-order valence-electron chi connectivity index (χ0n) is 17.6. The van der Waals surface area contributed by atoms with Crippen molar-refractivity contribution in [3.05, 3.63) is 110 Å². The van der Waals surface area contributed by atoms with E-state index >= 15 is 0 Å². The highest BCUT2D eigenvalue weighted by Crippen LogP contribution is 2.27. The monoisotopic (exact) mass is 519 g/mol. The number of phenols is 1. The van der Waals surface area contributed by atoms with Crippen molar-refractivity contribution < 1.29 is 19.6 Å². The van der Waals surface area contributed by atoms with Crippen LogP contribution < -0.4 is 10.2 Å². The number of nitro benzene ring substituents is 1. The van der Waals surface area contributed by atoms with Gasteiger partial charge in [0.1, 0.15) is 18.1 Å². The molecule has 0 saturated heterocycles. The number of carbonyl (C=O) groups is 1. The van der Waals surface area contributed by atoms with Gasteiger partial charge in [-0.05, 0) is 80.3 Å². The molecule has 170 valence electrons. The topological polar surface area (TPSA) is 114 Å². The summed E-state index contributed by atoms with van der Waals surface area (Å²) in [5.41, 5.74) is 4.08. The van der Waals surface area contributed by atoms with Gasteiger partial charge in [-0.15, -0.1) is 0 Å². The van der Waals surface area contributed by atoms with Crippen molar-refractivity contribution in [2.45, 2.75) is 6.61 Å². The Morgan fingerprint density at radius 1 is 1.06 bits per heavy atom. The minimum atomic E-state index is -0.526. The number of nitrogens with zero attached hydrogens (tertiary/aromatic N) is 2. The summed E-state index contributed by atoms with van der Waals surface area (Å²) in [7, 11) is 0. The summed E-state index contributed by atoms with van der Waals surface area (Å²) in [4.78, 5) is 22.7. The second kappa shape index (κ2) is 10.1. The fourth-order valence-corrected chi connectivity index (χ4v) is 3.74. The maximum Gasteiger partial charge on any atom is 0.275 e. The first-order valence-electron chi connectivity index (χ1n) is 10.1. The molecule has 0 aliphatic rings. The number of hydrazone groups is 1. The Hall–Kier alpha value is -4.24. The molecule has 0 unspecified atom stereocenters. The molecule has 4 rings (SSSR count). The zero-order chi connectivity index (χ0) is 24.1. The van der Waals surface area contributed by atoms with Gasteiger partial charge in [0.25, 0.3) is 11.6 Å². The van der Waals surface area contributed by atoms with Gasteiger partial charge in [0, 0.05) is 12.1 Å². The summed E-state index contributed by atoms with van der Waals surface area (Å²) in [6, 6.07) is 22.0. The van der Waals surface area contributed by atoms with Gasteiger partial charge >= 0.3 is 0 Å². The minimum Gasteiger partial charge on any atom is -0.507 e. The number of non-ortho nitro benzene ring substituents is 1. The molecule has 0 heterocycles. The van der Waals surface area contributed by atoms with Crippen molar-refractivity contribution in [1.29, 1.82) is 0 Å². The number of benzene rings is 4. The SMILES string of the molecule is O=C(NN=Cc1ccc(OCc2ccc([N+](=O)[O-])cc2)c(Br)c1)c1cc2ccccc2cc1O. The third-order valence-corrected chi connectivity index (χ3v) is 5.61. The van der Waals surface area contributed by atoms with Crippen LogP contribution in [0.2, 0.25) is 0 Å². The van der Waals surface area contributed by atoms with Crippen LogP contribution in [0.1, 0.15) is 21.5 Å². The quantitative estimate of drug-likeness (QED) is 0.188. The normalized spacial score (nSPS) is 11.0. The lowest BCUT2D eigenvalue weighted by Gasteiger charge is -2.09. The summed E-state index contributed by atoms with van der Waals surface area (Å²) < 4.78 is 6.45. The van der Waals surface area contributed by atoms with Gasteiger partial charge in [-0.1, -0.05) is 24.3 Å². The van der Waals surface area contributed by atoms with Crippen LogP contribution in [-0.4, -0.2) is 22.2 Å². The van der Waals surface area contributed by atoms with E-state index in [1.807, 2.05) is 24.3 Å². The summed E-state index contributed by atoms with van der Waals surface area (Å²) in [5, 5.41) is 26.6. The largest absolute Gasteiger partial charge is 0.507 e. The third kappa shape index (κ3) is 5.38. The highest BCUT2D eigenvalue weighted by atomic mass is 79.9. The van der Waals surface area contributed by atoms with Gasteiger partial charge in [-0.25, -0.2) is 5.43 Å². The molecule has 0 aliphatic carbocycles. The number of fused-ring (bicyclic) bond motifs is 1. The van der Waals surface area contributed by atoms with Crippen molar-refractivity contribution in [2.24, 2.45) is 5.10 Å². The van der Waals surface area contributed by atoms with Crippen LogP contribution in [0.3, 0.4) is 0 Å². The number of phenolic OH excluding ortho intramolecular Hbond substituents is 1. The average Bonchev–Trinajstić information content (AvgIpc) is 2.83. The number of rotatable bonds is 7. The average molecular weight is 520 g/mol. The Morgan fingerprint density at radius 3 is 2.44 bits per heavy atom.